The van der Waals surface area contributed by atoms with Crippen molar-refractivity contribution >= 4 is 11.6 Å². The summed E-state index contributed by atoms with van der Waals surface area (Å²) in [6, 6.07) is 6.55. The number of para-hydroxylation sites is 1. The number of carbonyl (C=O) groups is 1. The van der Waals surface area contributed by atoms with Crippen LogP contribution in [0.1, 0.15) is 42.6 Å². The Balaban J connectivity index is 2.05. The average Bonchev–Trinajstić information content (AvgIpc) is 2.48. The lowest BCUT2D eigenvalue weighted by Crippen LogP contribution is -2.47. The second-order valence-corrected chi connectivity index (χ2v) is 6.31. The standard InChI is InChI=1S/C17H27N3O/c1-12(2)20-10-8-14(9-11-20)19(4)17(21)15-7-5-6-13(3)16(15)18/h5-7,12,14H,8-11,18H2,1-4H3. The van der Waals surface area contributed by atoms with Crippen molar-refractivity contribution in [1.29, 1.82) is 0 Å². The molecule has 0 saturated carbocycles. The van der Waals surface area contributed by atoms with Gasteiger partial charge in [0, 0.05) is 37.9 Å². The van der Waals surface area contributed by atoms with Gasteiger partial charge < -0.3 is 15.5 Å². The largest absolute Gasteiger partial charge is 0.398 e. The molecule has 4 nitrogen and oxygen atoms in total. The average molecular weight is 289 g/mol. The lowest BCUT2D eigenvalue weighted by Gasteiger charge is -2.38. The zero-order chi connectivity index (χ0) is 15.6. The Morgan fingerprint density at radius 1 is 1.33 bits per heavy atom. The van der Waals surface area contributed by atoms with Crippen LogP contribution in [0.4, 0.5) is 5.69 Å². The number of hydrogen-bond donors (Lipinski definition) is 1. The number of anilines is 1. The molecule has 0 radical (unpaired) electrons. The number of likely N-dealkylation sites (tertiary alicyclic amines) is 1. The summed E-state index contributed by atoms with van der Waals surface area (Å²) in [6.07, 6.45) is 2.07. The lowest BCUT2D eigenvalue weighted by molar-refractivity contribution is 0.0616. The van der Waals surface area contributed by atoms with Crippen LogP contribution in [0.15, 0.2) is 18.2 Å². The van der Waals surface area contributed by atoms with Crippen molar-refractivity contribution in [1.82, 2.24) is 9.80 Å². The van der Waals surface area contributed by atoms with Crippen LogP contribution in [-0.2, 0) is 0 Å². The van der Waals surface area contributed by atoms with Crippen LogP contribution in [0, 0.1) is 6.92 Å². The first-order valence-corrected chi connectivity index (χ1v) is 7.78. The fraction of sp³-hybridized carbons (Fsp3) is 0.588. The van der Waals surface area contributed by atoms with E-state index in [4.69, 9.17) is 5.73 Å². The normalized spacial score (nSPS) is 17.2. The van der Waals surface area contributed by atoms with E-state index in [2.05, 4.69) is 18.7 Å². The van der Waals surface area contributed by atoms with Crippen LogP contribution < -0.4 is 5.73 Å². The Morgan fingerprint density at radius 2 is 1.95 bits per heavy atom. The maximum Gasteiger partial charge on any atom is 0.255 e. The van der Waals surface area contributed by atoms with Crippen LogP contribution in [-0.4, -0.2) is 47.9 Å². The number of hydrogen-bond acceptors (Lipinski definition) is 3. The minimum Gasteiger partial charge on any atom is -0.398 e. The highest BCUT2D eigenvalue weighted by Gasteiger charge is 2.27. The number of amides is 1. The summed E-state index contributed by atoms with van der Waals surface area (Å²) >= 11 is 0. The third kappa shape index (κ3) is 3.38. The van der Waals surface area contributed by atoms with Crippen LogP contribution in [0.25, 0.3) is 0 Å². The third-order valence-electron chi connectivity index (χ3n) is 4.65. The molecule has 1 aromatic carbocycles. The predicted octanol–water partition coefficient (Wildman–Crippen LogP) is 2.52. The first-order chi connectivity index (χ1) is 9.91. The molecule has 1 aromatic rings. The maximum atomic E-state index is 12.7. The predicted molar refractivity (Wildman–Crippen MR) is 87.4 cm³/mol. The van der Waals surface area contributed by atoms with Crippen molar-refractivity contribution in [3.63, 3.8) is 0 Å². The summed E-state index contributed by atoms with van der Waals surface area (Å²) in [5.41, 5.74) is 8.25. The Labute approximate surface area is 127 Å². The molecule has 21 heavy (non-hydrogen) atoms. The number of piperidine rings is 1. The number of nitrogens with two attached hydrogens (primary N) is 1. The topological polar surface area (TPSA) is 49.6 Å². The molecule has 4 heteroatoms. The highest BCUT2D eigenvalue weighted by molar-refractivity contribution is 5.99. The molecule has 1 aliphatic rings. The zero-order valence-corrected chi connectivity index (χ0v) is 13.6. The van der Waals surface area contributed by atoms with Gasteiger partial charge in [-0.05, 0) is 45.2 Å². The summed E-state index contributed by atoms with van der Waals surface area (Å²) in [5, 5.41) is 0. The van der Waals surface area contributed by atoms with E-state index in [1.165, 1.54) is 0 Å². The number of benzene rings is 1. The van der Waals surface area contributed by atoms with Crippen molar-refractivity contribution in [3.8, 4) is 0 Å². The molecule has 1 heterocycles. The molecule has 1 fully saturated rings. The Bertz CT molecular complexity index is 505. The van der Waals surface area contributed by atoms with Crippen LogP contribution in [0.3, 0.4) is 0 Å². The van der Waals surface area contributed by atoms with Crippen LogP contribution >= 0.6 is 0 Å². The molecule has 0 aromatic heterocycles. The third-order valence-corrected chi connectivity index (χ3v) is 4.65. The van der Waals surface area contributed by atoms with E-state index < -0.39 is 0 Å². The van der Waals surface area contributed by atoms with E-state index in [0.717, 1.165) is 31.5 Å². The van der Waals surface area contributed by atoms with Gasteiger partial charge in [0.25, 0.3) is 5.91 Å². The Morgan fingerprint density at radius 3 is 2.52 bits per heavy atom. The summed E-state index contributed by atoms with van der Waals surface area (Å²) < 4.78 is 0. The summed E-state index contributed by atoms with van der Waals surface area (Å²) in [4.78, 5) is 17.0. The first-order valence-electron chi connectivity index (χ1n) is 7.78. The van der Waals surface area contributed by atoms with Gasteiger partial charge in [-0.1, -0.05) is 12.1 Å². The van der Waals surface area contributed by atoms with Gasteiger partial charge in [-0.2, -0.15) is 0 Å². The molecule has 0 atom stereocenters. The molecule has 0 aliphatic carbocycles. The number of carbonyl (C=O) groups excluding carboxylic acids is 1. The molecular weight excluding hydrogens is 262 g/mol. The molecule has 0 bridgehead atoms. The molecule has 0 unspecified atom stereocenters. The second-order valence-electron chi connectivity index (χ2n) is 6.31. The molecule has 1 saturated heterocycles. The molecule has 1 amide bonds. The van der Waals surface area contributed by atoms with E-state index in [0.29, 0.717) is 23.3 Å². The summed E-state index contributed by atoms with van der Waals surface area (Å²) in [5.74, 6) is 0.0409. The van der Waals surface area contributed by atoms with Gasteiger partial charge in [-0.25, -0.2) is 0 Å². The van der Waals surface area contributed by atoms with Crippen molar-refractivity contribution in [2.24, 2.45) is 0 Å². The number of nitrogens with zero attached hydrogens (tertiary/aromatic N) is 2. The maximum absolute atomic E-state index is 12.7. The molecule has 1 aliphatic heterocycles. The molecule has 116 valence electrons. The molecule has 0 spiro atoms. The van der Waals surface area contributed by atoms with Crippen molar-refractivity contribution in [2.45, 2.75) is 45.7 Å². The monoisotopic (exact) mass is 289 g/mol. The fourth-order valence-electron chi connectivity index (χ4n) is 3.01. The van der Waals surface area contributed by atoms with E-state index in [1.54, 1.807) is 0 Å². The van der Waals surface area contributed by atoms with Gasteiger partial charge >= 0.3 is 0 Å². The van der Waals surface area contributed by atoms with Crippen molar-refractivity contribution in [3.05, 3.63) is 29.3 Å². The lowest BCUT2D eigenvalue weighted by atomic mass is 10.0. The summed E-state index contributed by atoms with van der Waals surface area (Å²) in [7, 11) is 1.90. The molecular formula is C17H27N3O. The van der Waals surface area contributed by atoms with Crippen molar-refractivity contribution in [2.75, 3.05) is 25.9 Å². The van der Waals surface area contributed by atoms with Crippen LogP contribution in [0.5, 0.6) is 0 Å². The number of aryl methyl sites for hydroxylation is 1. The van der Waals surface area contributed by atoms with Gasteiger partial charge in [-0.3, -0.25) is 4.79 Å². The smallest absolute Gasteiger partial charge is 0.255 e. The highest BCUT2D eigenvalue weighted by atomic mass is 16.2. The van der Waals surface area contributed by atoms with Gasteiger partial charge in [0.2, 0.25) is 0 Å². The SMILES string of the molecule is Cc1cccc(C(=O)N(C)C2CCN(C(C)C)CC2)c1N. The minimum atomic E-state index is 0.0409. The van der Waals surface area contributed by atoms with Gasteiger partial charge in [-0.15, -0.1) is 0 Å². The van der Waals surface area contributed by atoms with Gasteiger partial charge in [0.05, 0.1) is 5.56 Å². The highest BCUT2D eigenvalue weighted by Crippen LogP contribution is 2.22. The Kier molecular flexibility index (Phi) is 4.88. The number of rotatable bonds is 3. The van der Waals surface area contributed by atoms with Gasteiger partial charge in [0.15, 0.2) is 0 Å². The van der Waals surface area contributed by atoms with E-state index in [-0.39, 0.29) is 5.91 Å². The Hall–Kier alpha value is -1.55. The number of nitrogen functional groups attached to an aromatic ring is 1. The van der Waals surface area contributed by atoms with Gasteiger partial charge in [0.1, 0.15) is 0 Å². The minimum absolute atomic E-state index is 0.0409. The molecule has 2 N–H and O–H groups in total. The van der Waals surface area contributed by atoms with E-state index in [9.17, 15) is 4.79 Å². The quantitative estimate of drug-likeness (QED) is 0.870. The van der Waals surface area contributed by atoms with Crippen molar-refractivity contribution < 1.29 is 4.79 Å². The first kappa shape index (κ1) is 15.8. The van der Waals surface area contributed by atoms with E-state index in [1.807, 2.05) is 37.1 Å². The second kappa shape index (κ2) is 6.48. The molecule has 2 rings (SSSR count). The summed E-state index contributed by atoms with van der Waals surface area (Å²) in [6.45, 7) is 8.50. The fourth-order valence-corrected chi connectivity index (χ4v) is 3.01. The zero-order valence-electron chi connectivity index (χ0n) is 13.6. The van der Waals surface area contributed by atoms with E-state index >= 15 is 0 Å². The van der Waals surface area contributed by atoms with Crippen LogP contribution in [0.2, 0.25) is 0 Å².